The van der Waals surface area contributed by atoms with Crippen LogP contribution in [0.1, 0.15) is 25.1 Å². The first-order valence-electron chi connectivity index (χ1n) is 8.16. The van der Waals surface area contributed by atoms with Crippen molar-refractivity contribution in [3.05, 3.63) is 17.2 Å². The lowest BCUT2D eigenvalue weighted by molar-refractivity contribution is -0.133. The molecule has 0 saturated carbocycles. The van der Waals surface area contributed by atoms with E-state index in [0.29, 0.717) is 37.2 Å². The summed E-state index contributed by atoms with van der Waals surface area (Å²) in [7, 11) is 5.81. The standard InChI is InChI=1S/C16H27ClN4O2/c1-19(2)13-5-4-8-20(12-13)16(22)7-6-15-18-11-14(17)21(15)9-10-23-3/h11,13H,4-10,12H2,1-3H3. The van der Waals surface area contributed by atoms with Crippen LogP contribution in [-0.4, -0.2) is 72.2 Å². The van der Waals surface area contributed by atoms with Crippen molar-refractivity contribution in [1.82, 2.24) is 19.4 Å². The average molecular weight is 343 g/mol. The van der Waals surface area contributed by atoms with E-state index in [2.05, 4.69) is 24.0 Å². The number of imidazole rings is 1. The average Bonchev–Trinajstić information content (AvgIpc) is 2.90. The fourth-order valence-electron chi connectivity index (χ4n) is 2.99. The zero-order valence-electron chi connectivity index (χ0n) is 14.3. The summed E-state index contributed by atoms with van der Waals surface area (Å²) in [4.78, 5) is 21.0. The molecule has 1 aliphatic heterocycles. The topological polar surface area (TPSA) is 50.6 Å². The number of likely N-dealkylation sites (N-methyl/N-ethyl adjacent to an activating group) is 1. The van der Waals surface area contributed by atoms with E-state index in [0.717, 1.165) is 31.8 Å². The molecule has 0 radical (unpaired) electrons. The Morgan fingerprint density at radius 3 is 3.00 bits per heavy atom. The number of hydrogen-bond donors (Lipinski definition) is 0. The number of piperidine rings is 1. The van der Waals surface area contributed by atoms with Gasteiger partial charge < -0.3 is 19.1 Å². The molecule has 7 heteroatoms. The highest BCUT2D eigenvalue weighted by Gasteiger charge is 2.24. The number of ether oxygens (including phenoxy) is 1. The van der Waals surface area contributed by atoms with Crippen molar-refractivity contribution >= 4 is 17.5 Å². The molecule has 0 spiro atoms. The van der Waals surface area contributed by atoms with Gasteiger partial charge in [-0.2, -0.15) is 0 Å². The molecule has 1 amide bonds. The minimum absolute atomic E-state index is 0.203. The molecular weight excluding hydrogens is 316 g/mol. The third-order valence-corrected chi connectivity index (χ3v) is 4.75. The Morgan fingerprint density at radius 1 is 1.52 bits per heavy atom. The molecule has 0 aromatic carbocycles. The van der Waals surface area contributed by atoms with Crippen molar-refractivity contribution in [1.29, 1.82) is 0 Å². The van der Waals surface area contributed by atoms with E-state index in [1.807, 2.05) is 9.47 Å². The lowest BCUT2D eigenvalue weighted by Crippen LogP contribution is -2.47. The number of carbonyl (C=O) groups is 1. The van der Waals surface area contributed by atoms with Gasteiger partial charge in [-0.3, -0.25) is 4.79 Å². The summed E-state index contributed by atoms with van der Waals surface area (Å²) in [6.45, 7) is 2.92. The van der Waals surface area contributed by atoms with Crippen molar-refractivity contribution in [3.8, 4) is 0 Å². The summed E-state index contributed by atoms with van der Waals surface area (Å²) in [5, 5.41) is 0.593. The van der Waals surface area contributed by atoms with Gasteiger partial charge in [0.2, 0.25) is 5.91 Å². The molecule has 0 aliphatic carbocycles. The molecule has 1 atom stereocenters. The molecule has 0 N–H and O–H groups in total. The molecular formula is C16H27ClN4O2. The van der Waals surface area contributed by atoms with Crippen molar-refractivity contribution in [2.45, 2.75) is 38.3 Å². The van der Waals surface area contributed by atoms with Gasteiger partial charge in [0, 0.05) is 45.6 Å². The molecule has 2 rings (SSSR count). The number of amides is 1. The number of methoxy groups -OCH3 is 1. The first-order chi connectivity index (χ1) is 11.0. The summed E-state index contributed by atoms with van der Waals surface area (Å²) in [5.74, 6) is 1.05. The summed E-state index contributed by atoms with van der Waals surface area (Å²) in [5.41, 5.74) is 0. The summed E-state index contributed by atoms with van der Waals surface area (Å²) >= 11 is 6.14. The second-order valence-corrected chi connectivity index (χ2v) is 6.63. The number of carbonyl (C=O) groups excluding carboxylic acids is 1. The summed E-state index contributed by atoms with van der Waals surface area (Å²) < 4.78 is 7.01. The van der Waals surface area contributed by atoms with Crippen LogP contribution in [0.2, 0.25) is 5.15 Å². The van der Waals surface area contributed by atoms with E-state index >= 15 is 0 Å². The number of nitrogens with zero attached hydrogens (tertiary/aromatic N) is 4. The number of likely N-dealkylation sites (tertiary alicyclic amines) is 1. The van der Waals surface area contributed by atoms with E-state index in [4.69, 9.17) is 16.3 Å². The largest absolute Gasteiger partial charge is 0.383 e. The number of aromatic nitrogens is 2. The Labute approximate surface area is 143 Å². The maximum absolute atomic E-state index is 12.5. The second-order valence-electron chi connectivity index (χ2n) is 6.24. The monoisotopic (exact) mass is 342 g/mol. The van der Waals surface area contributed by atoms with E-state index in [9.17, 15) is 4.79 Å². The van der Waals surface area contributed by atoms with Crippen LogP contribution in [0.25, 0.3) is 0 Å². The van der Waals surface area contributed by atoms with Crippen LogP contribution in [0, 0.1) is 0 Å². The molecule has 1 aromatic heterocycles. The Hall–Kier alpha value is -1.11. The Bertz CT molecular complexity index is 518. The van der Waals surface area contributed by atoms with Crippen LogP contribution in [0.15, 0.2) is 6.20 Å². The first-order valence-corrected chi connectivity index (χ1v) is 8.53. The number of aryl methyl sites for hydroxylation is 1. The highest BCUT2D eigenvalue weighted by molar-refractivity contribution is 6.29. The maximum Gasteiger partial charge on any atom is 0.223 e. The minimum atomic E-state index is 0.203. The lowest BCUT2D eigenvalue weighted by Gasteiger charge is -2.36. The van der Waals surface area contributed by atoms with E-state index in [1.54, 1.807) is 13.3 Å². The molecule has 1 saturated heterocycles. The molecule has 1 aromatic rings. The van der Waals surface area contributed by atoms with Crippen LogP contribution < -0.4 is 0 Å². The van der Waals surface area contributed by atoms with E-state index in [-0.39, 0.29) is 5.91 Å². The van der Waals surface area contributed by atoms with Gasteiger partial charge in [0.15, 0.2) is 0 Å². The Balaban J connectivity index is 1.89. The van der Waals surface area contributed by atoms with Crippen LogP contribution in [0.3, 0.4) is 0 Å². The zero-order valence-corrected chi connectivity index (χ0v) is 15.1. The van der Waals surface area contributed by atoms with Gasteiger partial charge in [0.1, 0.15) is 11.0 Å². The van der Waals surface area contributed by atoms with Gasteiger partial charge >= 0.3 is 0 Å². The normalized spacial score (nSPS) is 18.7. The molecule has 23 heavy (non-hydrogen) atoms. The van der Waals surface area contributed by atoms with Crippen molar-refractivity contribution in [3.63, 3.8) is 0 Å². The molecule has 130 valence electrons. The fraction of sp³-hybridized carbons (Fsp3) is 0.750. The predicted molar refractivity (Wildman–Crippen MR) is 90.7 cm³/mol. The third-order valence-electron chi connectivity index (χ3n) is 4.45. The summed E-state index contributed by atoms with van der Waals surface area (Å²) in [6.07, 6.45) is 4.95. The fourth-order valence-corrected chi connectivity index (χ4v) is 3.22. The molecule has 1 fully saturated rings. The predicted octanol–water partition coefficient (Wildman–Crippen LogP) is 1.67. The SMILES string of the molecule is COCCn1c(Cl)cnc1CCC(=O)N1CCCC(N(C)C)C1. The Kier molecular flexibility index (Phi) is 6.87. The van der Waals surface area contributed by atoms with Gasteiger partial charge in [0.25, 0.3) is 0 Å². The van der Waals surface area contributed by atoms with Gasteiger partial charge in [-0.05, 0) is 26.9 Å². The second kappa shape index (κ2) is 8.66. The first kappa shape index (κ1) is 18.2. The van der Waals surface area contributed by atoms with Crippen molar-refractivity contribution in [2.75, 3.05) is 40.9 Å². The number of halogens is 1. The zero-order chi connectivity index (χ0) is 16.8. The molecule has 1 aliphatic rings. The van der Waals surface area contributed by atoms with Crippen molar-refractivity contribution < 1.29 is 9.53 Å². The van der Waals surface area contributed by atoms with Crippen molar-refractivity contribution in [2.24, 2.45) is 0 Å². The molecule has 6 nitrogen and oxygen atoms in total. The van der Waals surface area contributed by atoms with E-state index < -0.39 is 0 Å². The molecule has 0 bridgehead atoms. The highest BCUT2D eigenvalue weighted by atomic mass is 35.5. The van der Waals surface area contributed by atoms with Crippen LogP contribution >= 0.6 is 11.6 Å². The van der Waals surface area contributed by atoms with Gasteiger partial charge in [-0.15, -0.1) is 0 Å². The number of rotatable bonds is 7. The Morgan fingerprint density at radius 2 is 2.30 bits per heavy atom. The lowest BCUT2D eigenvalue weighted by atomic mass is 10.0. The smallest absolute Gasteiger partial charge is 0.223 e. The van der Waals surface area contributed by atoms with E-state index in [1.165, 1.54) is 0 Å². The minimum Gasteiger partial charge on any atom is -0.383 e. The highest BCUT2D eigenvalue weighted by Crippen LogP contribution is 2.17. The third kappa shape index (κ3) is 4.93. The van der Waals surface area contributed by atoms with Gasteiger partial charge in [-0.1, -0.05) is 11.6 Å². The van der Waals surface area contributed by atoms with Crippen LogP contribution in [0.5, 0.6) is 0 Å². The quantitative estimate of drug-likeness (QED) is 0.756. The van der Waals surface area contributed by atoms with Crippen LogP contribution in [0.4, 0.5) is 0 Å². The molecule has 2 heterocycles. The number of hydrogen-bond acceptors (Lipinski definition) is 4. The van der Waals surface area contributed by atoms with Gasteiger partial charge in [0.05, 0.1) is 12.8 Å². The molecule has 1 unspecified atom stereocenters. The maximum atomic E-state index is 12.5. The summed E-state index contributed by atoms with van der Waals surface area (Å²) in [6, 6.07) is 0.464. The van der Waals surface area contributed by atoms with Gasteiger partial charge in [-0.25, -0.2) is 4.98 Å². The van der Waals surface area contributed by atoms with Crippen LogP contribution in [-0.2, 0) is 22.5 Å².